The molecule has 15 heavy (non-hydrogen) atoms. The highest BCUT2D eigenvalue weighted by Gasteiger charge is 2.16. The summed E-state index contributed by atoms with van der Waals surface area (Å²) < 4.78 is 49.2. The second kappa shape index (κ2) is 3.90. The van der Waals surface area contributed by atoms with Gasteiger partial charge < -0.3 is 0 Å². The second-order valence-electron chi connectivity index (χ2n) is 3.18. The van der Waals surface area contributed by atoms with Crippen LogP contribution in [0.5, 0.6) is 0 Å². The van der Waals surface area contributed by atoms with Crippen molar-refractivity contribution in [2.24, 2.45) is 4.36 Å². The number of nitrogens with zero attached hydrogens (tertiary/aromatic N) is 1. The van der Waals surface area contributed by atoms with Gasteiger partial charge in [-0.05, 0) is 12.1 Å². The standard InChI is InChI=1S/C8H10FNO3S2/c1-14(2,11)10-7-5-3-4-6-8(7)15(9,12)13/h3-6H,1-2H3. The maximum Gasteiger partial charge on any atom is 0.334 e. The van der Waals surface area contributed by atoms with Crippen LogP contribution in [0.25, 0.3) is 0 Å². The summed E-state index contributed by atoms with van der Waals surface area (Å²) in [5, 5.41) is 0. The Bertz CT molecular complexity index is 578. The molecule has 1 aromatic carbocycles. The van der Waals surface area contributed by atoms with E-state index in [2.05, 4.69) is 4.36 Å². The smallest absolute Gasteiger partial charge is 0.250 e. The second-order valence-corrected chi connectivity index (χ2v) is 7.04. The van der Waals surface area contributed by atoms with Gasteiger partial charge in [0.25, 0.3) is 0 Å². The van der Waals surface area contributed by atoms with Crippen molar-refractivity contribution in [1.29, 1.82) is 0 Å². The van der Waals surface area contributed by atoms with E-state index in [1.54, 1.807) is 0 Å². The van der Waals surface area contributed by atoms with Crippen LogP contribution in [0, 0.1) is 0 Å². The van der Waals surface area contributed by atoms with Crippen molar-refractivity contribution in [3.8, 4) is 0 Å². The molecule has 0 aliphatic heterocycles. The first-order valence-electron chi connectivity index (χ1n) is 3.91. The fourth-order valence-corrected chi connectivity index (χ4v) is 2.27. The van der Waals surface area contributed by atoms with E-state index < -0.39 is 24.8 Å². The Morgan fingerprint density at radius 1 is 1.13 bits per heavy atom. The number of hydrogen-bond acceptors (Lipinski definition) is 4. The Kier molecular flexibility index (Phi) is 3.15. The van der Waals surface area contributed by atoms with Crippen molar-refractivity contribution in [1.82, 2.24) is 0 Å². The summed E-state index contributed by atoms with van der Waals surface area (Å²) in [6.45, 7) is 0. The van der Waals surface area contributed by atoms with Crippen LogP contribution in [0.4, 0.5) is 9.57 Å². The minimum Gasteiger partial charge on any atom is -0.250 e. The summed E-state index contributed by atoms with van der Waals surface area (Å²) in [7, 11) is -7.34. The summed E-state index contributed by atoms with van der Waals surface area (Å²) in [6.07, 6.45) is 2.68. The van der Waals surface area contributed by atoms with Gasteiger partial charge in [-0.3, -0.25) is 0 Å². The van der Waals surface area contributed by atoms with Crippen LogP contribution in [-0.4, -0.2) is 25.1 Å². The molecule has 0 N–H and O–H groups in total. The summed E-state index contributed by atoms with van der Waals surface area (Å²) >= 11 is 0. The molecule has 0 fully saturated rings. The lowest BCUT2D eigenvalue weighted by atomic mass is 10.3. The zero-order valence-corrected chi connectivity index (χ0v) is 9.81. The summed E-state index contributed by atoms with van der Waals surface area (Å²) in [5.41, 5.74) is -0.116. The van der Waals surface area contributed by atoms with Gasteiger partial charge >= 0.3 is 10.2 Å². The molecule has 0 aliphatic carbocycles. The van der Waals surface area contributed by atoms with Crippen molar-refractivity contribution >= 4 is 25.6 Å². The monoisotopic (exact) mass is 251 g/mol. The van der Waals surface area contributed by atoms with Gasteiger partial charge in [0.1, 0.15) is 4.90 Å². The molecule has 0 heterocycles. The van der Waals surface area contributed by atoms with Gasteiger partial charge in [-0.1, -0.05) is 12.1 Å². The topological polar surface area (TPSA) is 63.6 Å². The van der Waals surface area contributed by atoms with Crippen LogP contribution in [0.3, 0.4) is 0 Å². The maximum absolute atomic E-state index is 12.8. The lowest BCUT2D eigenvalue weighted by Crippen LogP contribution is -1.95. The Balaban J connectivity index is 3.53. The average Bonchev–Trinajstić information content (AvgIpc) is 1.99. The van der Waals surface area contributed by atoms with E-state index in [1.807, 2.05) is 0 Å². The summed E-state index contributed by atoms with van der Waals surface area (Å²) in [5.74, 6) is 0. The van der Waals surface area contributed by atoms with Gasteiger partial charge in [-0.15, -0.1) is 3.89 Å². The van der Waals surface area contributed by atoms with E-state index in [0.717, 1.165) is 6.07 Å². The predicted octanol–water partition coefficient (Wildman–Crippen LogP) is 1.70. The third-order valence-electron chi connectivity index (χ3n) is 1.45. The Morgan fingerprint density at radius 2 is 1.67 bits per heavy atom. The third-order valence-corrected chi connectivity index (χ3v) is 2.95. The van der Waals surface area contributed by atoms with Crippen LogP contribution < -0.4 is 0 Å². The molecule has 84 valence electrons. The number of benzene rings is 1. The number of hydrogen-bond donors (Lipinski definition) is 0. The molecule has 0 amide bonds. The van der Waals surface area contributed by atoms with Gasteiger partial charge in [-0.25, -0.2) is 4.21 Å². The fraction of sp³-hybridized carbons (Fsp3) is 0.250. The summed E-state index contributed by atoms with van der Waals surface area (Å²) in [6, 6.07) is 5.26. The van der Waals surface area contributed by atoms with E-state index >= 15 is 0 Å². The van der Waals surface area contributed by atoms with Gasteiger partial charge in [0.05, 0.1) is 5.69 Å². The van der Waals surface area contributed by atoms with Crippen LogP contribution in [0.2, 0.25) is 0 Å². The molecule has 0 aliphatic rings. The lowest BCUT2D eigenvalue weighted by Gasteiger charge is -2.01. The zero-order chi connectivity index (χ0) is 11.7. The van der Waals surface area contributed by atoms with Crippen LogP contribution in [0.1, 0.15) is 0 Å². The van der Waals surface area contributed by atoms with Crippen LogP contribution in [0.15, 0.2) is 33.5 Å². The van der Waals surface area contributed by atoms with E-state index in [-0.39, 0.29) is 5.69 Å². The molecular formula is C8H10FNO3S2. The molecular weight excluding hydrogens is 241 g/mol. The van der Waals surface area contributed by atoms with Crippen molar-refractivity contribution in [3.63, 3.8) is 0 Å². The first-order chi connectivity index (χ1) is 6.70. The highest BCUT2D eigenvalue weighted by Crippen LogP contribution is 2.26. The first-order valence-corrected chi connectivity index (χ1v) is 7.62. The van der Waals surface area contributed by atoms with Crippen molar-refractivity contribution in [2.75, 3.05) is 12.5 Å². The van der Waals surface area contributed by atoms with E-state index in [0.29, 0.717) is 0 Å². The average molecular weight is 251 g/mol. The van der Waals surface area contributed by atoms with Crippen molar-refractivity contribution in [2.45, 2.75) is 4.90 Å². The third kappa shape index (κ3) is 3.60. The quantitative estimate of drug-likeness (QED) is 0.751. The van der Waals surface area contributed by atoms with Gasteiger partial charge in [-0.2, -0.15) is 12.8 Å². The number of halogens is 1. The van der Waals surface area contributed by atoms with E-state index in [4.69, 9.17) is 0 Å². The van der Waals surface area contributed by atoms with Crippen molar-refractivity contribution < 1.29 is 16.5 Å². The normalized spacial score (nSPS) is 12.5. The highest BCUT2D eigenvalue weighted by molar-refractivity contribution is 7.92. The molecule has 0 spiro atoms. The predicted molar refractivity (Wildman–Crippen MR) is 56.8 cm³/mol. The summed E-state index contributed by atoms with van der Waals surface area (Å²) in [4.78, 5) is -0.554. The maximum atomic E-state index is 12.8. The number of rotatable bonds is 2. The Labute approximate surface area is 88.5 Å². The molecule has 7 heteroatoms. The SMILES string of the molecule is CS(C)(=O)=Nc1ccccc1S(=O)(=O)F. The van der Waals surface area contributed by atoms with Crippen LogP contribution in [-0.2, 0) is 20.0 Å². The lowest BCUT2D eigenvalue weighted by molar-refractivity contribution is 0.552. The van der Waals surface area contributed by atoms with Gasteiger partial charge in [0.2, 0.25) is 0 Å². The molecule has 0 saturated heterocycles. The van der Waals surface area contributed by atoms with Crippen molar-refractivity contribution in [3.05, 3.63) is 24.3 Å². The molecule has 1 aromatic rings. The van der Waals surface area contributed by atoms with Crippen LogP contribution >= 0.6 is 0 Å². The van der Waals surface area contributed by atoms with E-state index in [1.165, 1.54) is 30.7 Å². The molecule has 0 radical (unpaired) electrons. The molecule has 0 bridgehead atoms. The minimum atomic E-state index is -4.83. The molecule has 0 unspecified atom stereocenters. The fourth-order valence-electron chi connectivity index (χ4n) is 0.976. The minimum absolute atomic E-state index is 0.116. The Hall–Kier alpha value is -0.950. The zero-order valence-electron chi connectivity index (χ0n) is 8.18. The van der Waals surface area contributed by atoms with E-state index in [9.17, 15) is 16.5 Å². The largest absolute Gasteiger partial charge is 0.334 e. The molecule has 1 rings (SSSR count). The molecule has 4 nitrogen and oxygen atoms in total. The van der Waals surface area contributed by atoms with Gasteiger partial charge in [0, 0.05) is 22.2 Å². The highest BCUT2D eigenvalue weighted by atomic mass is 32.3. The Morgan fingerprint density at radius 3 is 2.13 bits per heavy atom. The first kappa shape index (κ1) is 12.1. The molecule has 0 saturated carbocycles. The molecule has 0 atom stereocenters. The molecule has 0 aromatic heterocycles. The van der Waals surface area contributed by atoms with Gasteiger partial charge in [0.15, 0.2) is 0 Å².